The number of hydrogen-bond acceptors (Lipinski definition) is 3. The normalized spacial score (nSPS) is 11.6. The van der Waals surface area contributed by atoms with Gasteiger partial charge in [0, 0.05) is 5.69 Å². The molecule has 0 fully saturated rings. The summed E-state index contributed by atoms with van der Waals surface area (Å²) in [5.74, 6) is -1.63. The number of halogens is 1. The molecule has 1 amide bonds. The van der Waals surface area contributed by atoms with Gasteiger partial charge in [-0.25, -0.2) is 4.79 Å². The summed E-state index contributed by atoms with van der Waals surface area (Å²) in [6.07, 6.45) is 1.77. The number of benzene rings is 1. The Morgan fingerprint density at radius 1 is 1.56 bits per heavy atom. The molecule has 1 rings (SSSR count). The molecule has 0 aromatic heterocycles. The Bertz CT molecular complexity index is 488. The summed E-state index contributed by atoms with van der Waals surface area (Å²) in [6, 6.07) is 3.66. The lowest BCUT2D eigenvalue weighted by Crippen LogP contribution is -2.28. The second-order valence-corrected chi connectivity index (χ2v) is 4.03. The molecule has 0 saturated carbocycles. The zero-order valence-corrected chi connectivity index (χ0v) is 10.3. The average Bonchev–Trinajstić information content (AvgIpc) is 2.27. The van der Waals surface area contributed by atoms with E-state index >= 15 is 0 Å². The maximum atomic E-state index is 11.0. The van der Waals surface area contributed by atoms with Gasteiger partial charge < -0.3 is 16.2 Å². The Hall–Kier alpha value is -2.01. The molecular formula is C12H13ClN2O3. The molecule has 0 aliphatic rings. The first-order chi connectivity index (χ1) is 8.45. The van der Waals surface area contributed by atoms with E-state index in [2.05, 4.69) is 11.9 Å². The first kappa shape index (κ1) is 14.1. The van der Waals surface area contributed by atoms with Crippen molar-refractivity contribution < 1.29 is 14.7 Å². The fraction of sp³-hybridized carbons (Fsp3) is 0.167. The molecule has 0 bridgehead atoms. The van der Waals surface area contributed by atoms with Crippen molar-refractivity contribution in [3.8, 4) is 0 Å². The molecule has 0 radical (unpaired) electrons. The molecular weight excluding hydrogens is 256 g/mol. The minimum Gasteiger partial charge on any atom is -0.480 e. The van der Waals surface area contributed by atoms with Crippen LogP contribution in [0.4, 0.5) is 5.69 Å². The van der Waals surface area contributed by atoms with Crippen LogP contribution in [0.2, 0.25) is 5.02 Å². The molecule has 96 valence electrons. The number of carboxylic acid groups (broad SMARTS) is 1. The molecule has 0 aliphatic heterocycles. The fourth-order valence-corrected chi connectivity index (χ4v) is 1.67. The molecule has 1 aromatic rings. The molecule has 0 aliphatic carbocycles. The summed E-state index contributed by atoms with van der Waals surface area (Å²) in [5.41, 5.74) is 5.80. The number of nitrogens with two attached hydrogens (primary N) is 1. The van der Waals surface area contributed by atoms with Gasteiger partial charge in [-0.2, -0.15) is 0 Å². The lowest BCUT2D eigenvalue weighted by atomic mass is 10.1. The van der Waals surface area contributed by atoms with Crippen molar-refractivity contribution >= 4 is 29.2 Å². The number of hydrogen-bond donors (Lipinski definition) is 3. The molecule has 1 unspecified atom stereocenters. The molecule has 0 heterocycles. The molecule has 18 heavy (non-hydrogen) atoms. The maximum absolute atomic E-state index is 11.0. The first-order valence-electron chi connectivity index (χ1n) is 5.15. The number of primary amides is 1. The molecule has 1 atom stereocenters. The number of rotatable bonds is 6. The van der Waals surface area contributed by atoms with Crippen LogP contribution in [0, 0.1) is 0 Å². The van der Waals surface area contributed by atoms with Crippen LogP contribution in [0.15, 0.2) is 30.9 Å². The largest absolute Gasteiger partial charge is 0.480 e. The second kappa shape index (κ2) is 6.07. The SMILES string of the molecule is C=CCC(Nc1ccc(C(N)=O)c(Cl)c1)C(=O)O. The maximum Gasteiger partial charge on any atom is 0.326 e. The van der Waals surface area contributed by atoms with Gasteiger partial charge >= 0.3 is 5.97 Å². The van der Waals surface area contributed by atoms with Crippen LogP contribution in [-0.2, 0) is 4.79 Å². The summed E-state index contributed by atoms with van der Waals surface area (Å²) in [7, 11) is 0. The van der Waals surface area contributed by atoms with Crippen molar-refractivity contribution in [1.29, 1.82) is 0 Å². The van der Waals surface area contributed by atoms with E-state index in [9.17, 15) is 9.59 Å². The summed E-state index contributed by atoms with van der Waals surface area (Å²) in [5, 5.41) is 11.9. The minimum absolute atomic E-state index is 0.176. The van der Waals surface area contributed by atoms with E-state index in [1.165, 1.54) is 18.2 Å². The van der Waals surface area contributed by atoms with E-state index in [0.717, 1.165) is 0 Å². The highest BCUT2D eigenvalue weighted by atomic mass is 35.5. The number of anilines is 1. The van der Waals surface area contributed by atoms with Gasteiger partial charge in [-0.3, -0.25) is 4.79 Å². The summed E-state index contributed by atoms with van der Waals surface area (Å²) in [4.78, 5) is 21.9. The van der Waals surface area contributed by atoms with Gasteiger partial charge in [-0.15, -0.1) is 6.58 Å². The van der Waals surface area contributed by atoms with Crippen LogP contribution < -0.4 is 11.1 Å². The Morgan fingerprint density at radius 2 is 2.22 bits per heavy atom. The number of amides is 1. The molecule has 0 saturated heterocycles. The van der Waals surface area contributed by atoms with E-state index in [1.807, 2.05) is 0 Å². The van der Waals surface area contributed by atoms with E-state index < -0.39 is 17.9 Å². The van der Waals surface area contributed by atoms with Crippen molar-refractivity contribution in [3.63, 3.8) is 0 Å². The topological polar surface area (TPSA) is 92.4 Å². The molecule has 5 nitrogen and oxygen atoms in total. The Balaban J connectivity index is 2.91. The van der Waals surface area contributed by atoms with Gasteiger partial charge in [-0.1, -0.05) is 17.7 Å². The van der Waals surface area contributed by atoms with Gasteiger partial charge in [0.1, 0.15) is 6.04 Å². The molecule has 6 heteroatoms. The van der Waals surface area contributed by atoms with Crippen molar-refractivity contribution in [1.82, 2.24) is 0 Å². The number of carboxylic acids is 1. The predicted molar refractivity (Wildman–Crippen MR) is 69.8 cm³/mol. The zero-order chi connectivity index (χ0) is 13.7. The number of carbonyl (C=O) groups excluding carboxylic acids is 1. The van der Waals surface area contributed by atoms with Gasteiger partial charge in [-0.05, 0) is 24.6 Å². The van der Waals surface area contributed by atoms with Gasteiger partial charge in [0.05, 0.1) is 10.6 Å². The third-order valence-electron chi connectivity index (χ3n) is 2.28. The third kappa shape index (κ3) is 3.49. The number of aliphatic carboxylic acids is 1. The Kier molecular flexibility index (Phi) is 4.74. The highest BCUT2D eigenvalue weighted by Gasteiger charge is 2.16. The smallest absolute Gasteiger partial charge is 0.326 e. The highest BCUT2D eigenvalue weighted by Crippen LogP contribution is 2.21. The zero-order valence-electron chi connectivity index (χ0n) is 9.52. The van der Waals surface area contributed by atoms with Gasteiger partial charge in [0.25, 0.3) is 0 Å². The van der Waals surface area contributed by atoms with Crippen LogP contribution in [0.5, 0.6) is 0 Å². The summed E-state index contributed by atoms with van der Waals surface area (Å²) < 4.78 is 0. The van der Waals surface area contributed by atoms with Crippen molar-refractivity contribution in [2.45, 2.75) is 12.5 Å². The van der Waals surface area contributed by atoms with Crippen molar-refractivity contribution in [2.75, 3.05) is 5.32 Å². The number of nitrogens with one attached hydrogen (secondary N) is 1. The van der Waals surface area contributed by atoms with Crippen LogP contribution >= 0.6 is 11.6 Å². The second-order valence-electron chi connectivity index (χ2n) is 3.62. The van der Waals surface area contributed by atoms with Gasteiger partial charge in [0.15, 0.2) is 0 Å². The standard InChI is InChI=1S/C12H13ClN2O3/c1-2-3-10(12(17)18)15-7-4-5-8(11(14)16)9(13)6-7/h2,4-6,10,15H,1,3H2,(H2,14,16)(H,17,18). The monoisotopic (exact) mass is 268 g/mol. The summed E-state index contributed by atoms with van der Waals surface area (Å²) in [6.45, 7) is 3.49. The average molecular weight is 269 g/mol. The molecule has 1 aromatic carbocycles. The van der Waals surface area contributed by atoms with E-state index in [1.54, 1.807) is 6.07 Å². The van der Waals surface area contributed by atoms with E-state index in [4.69, 9.17) is 22.4 Å². The van der Waals surface area contributed by atoms with Crippen LogP contribution in [0.3, 0.4) is 0 Å². The highest BCUT2D eigenvalue weighted by molar-refractivity contribution is 6.34. The molecule has 4 N–H and O–H groups in total. The molecule has 0 spiro atoms. The van der Waals surface area contributed by atoms with Crippen molar-refractivity contribution in [3.05, 3.63) is 41.4 Å². The minimum atomic E-state index is -0.995. The van der Waals surface area contributed by atoms with E-state index in [0.29, 0.717) is 5.69 Å². The van der Waals surface area contributed by atoms with Crippen LogP contribution in [0.1, 0.15) is 16.8 Å². The van der Waals surface area contributed by atoms with Crippen LogP contribution in [-0.4, -0.2) is 23.0 Å². The number of carbonyl (C=O) groups is 2. The quantitative estimate of drug-likeness (QED) is 0.687. The lowest BCUT2D eigenvalue weighted by molar-refractivity contribution is -0.137. The fourth-order valence-electron chi connectivity index (χ4n) is 1.39. The van der Waals surface area contributed by atoms with Crippen LogP contribution in [0.25, 0.3) is 0 Å². The Morgan fingerprint density at radius 3 is 2.67 bits per heavy atom. The third-order valence-corrected chi connectivity index (χ3v) is 2.59. The van der Waals surface area contributed by atoms with E-state index in [-0.39, 0.29) is 17.0 Å². The van der Waals surface area contributed by atoms with Crippen molar-refractivity contribution in [2.24, 2.45) is 5.73 Å². The predicted octanol–water partition coefficient (Wildman–Crippen LogP) is 1.88. The Labute approximate surface area is 109 Å². The summed E-state index contributed by atoms with van der Waals surface area (Å²) >= 11 is 5.86. The van der Waals surface area contributed by atoms with Gasteiger partial charge in [0.2, 0.25) is 5.91 Å². The first-order valence-corrected chi connectivity index (χ1v) is 5.53. The lowest BCUT2D eigenvalue weighted by Gasteiger charge is -2.14.